The van der Waals surface area contributed by atoms with Crippen molar-refractivity contribution in [2.75, 3.05) is 0 Å². The van der Waals surface area contributed by atoms with Gasteiger partial charge < -0.3 is 9.13 Å². The summed E-state index contributed by atoms with van der Waals surface area (Å²) in [6.07, 6.45) is 7.76. The van der Waals surface area contributed by atoms with E-state index in [0.29, 0.717) is 0 Å². The molecule has 0 fully saturated rings. The van der Waals surface area contributed by atoms with Crippen LogP contribution >= 0.6 is 10.5 Å². The molecule has 0 N–H and O–H groups in total. The molecule has 1 unspecified atom stereocenters. The van der Waals surface area contributed by atoms with E-state index in [4.69, 9.17) is 0 Å². The van der Waals surface area contributed by atoms with Gasteiger partial charge in [-0.25, -0.2) is 0 Å². The molecule has 0 spiro atoms. The zero-order valence-electron chi connectivity index (χ0n) is 26.9. The lowest BCUT2D eigenvalue weighted by Gasteiger charge is -2.22. The molecule has 3 aliphatic rings. The fourth-order valence-electron chi connectivity index (χ4n) is 8.93. The number of para-hydroxylation sites is 2. The summed E-state index contributed by atoms with van der Waals surface area (Å²) in [4.78, 5) is 2.99. The van der Waals surface area contributed by atoms with E-state index in [9.17, 15) is 0 Å². The molecule has 48 heavy (non-hydrogen) atoms. The van der Waals surface area contributed by atoms with Crippen molar-refractivity contribution < 1.29 is 0 Å². The zero-order valence-corrected chi connectivity index (χ0v) is 27.7. The van der Waals surface area contributed by atoms with Crippen LogP contribution in [-0.2, 0) is 11.8 Å². The van der Waals surface area contributed by atoms with Crippen LogP contribution in [0.4, 0.5) is 0 Å². The average molecular weight is 633 g/mol. The van der Waals surface area contributed by atoms with Gasteiger partial charge in [-0.1, -0.05) is 105 Å². The Balaban J connectivity index is 1.19. The topological polar surface area (TPSA) is 9.86 Å². The molecular weight excluding hydrogens is 601 g/mol. The van der Waals surface area contributed by atoms with E-state index in [2.05, 4.69) is 168 Å². The summed E-state index contributed by atoms with van der Waals surface area (Å²) in [5, 5.41) is 7.61. The SMILES string of the molecule is CC1(C)c2ccccc2-c2ccc(-n3c4ccccc4c4c5c6ccccc6n(-c6ccc7c(c6)S6=C(C=CC=C6)C7)c5ccc43)cc21. The van der Waals surface area contributed by atoms with Crippen molar-refractivity contribution in [3.05, 3.63) is 162 Å². The van der Waals surface area contributed by atoms with Crippen LogP contribution in [0, 0.1) is 0 Å². The largest absolute Gasteiger partial charge is 0.309 e. The van der Waals surface area contributed by atoms with Gasteiger partial charge in [0.2, 0.25) is 0 Å². The predicted molar refractivity (Wildman–Crippen MR) is 206 cm³/mol. The number of hydrogen-bond donors (Lipinski definition) is 0. The minimum absolute atomic E-state index is 0.0555. The van der Waals surface area contributed by atoms with Crippen LogP contribution in [0.2, 0.25) is 0 Å². The third-order valence-electron chi connectivity index (χ3n) is 11.1. The van der Waals surface area contributed by atoms with Gasteiger partial charge >= 0.3 is 0 Å². The van der Waals surface area contributed by atoms with Gasteiger partial charge in [0.25, 0.3) is 0 Å². The first kappa shape index (κ1) is 26.7. The molecule has 2 aliphatic heterocycles. The highest BCUT2D eigenvalue weighted by atomic mass is 32.2. The Morgan fingerprint density at radius 1 is 0.562 bits per heavy atom. The minimum atomic E-state index is -0.0555. The lowest BCUT2D eigenvalue weighted by atomic mass is 9.82. The number of fused-ring (bicyclic) bond motifs is 12. The fourth-order valence-corrected chi connectivity index (χ4v) is 11.0. The Morgan fingerprint density at radius 3 is 1.94 bits per heavy atom. The molecule has 0 bridgehead atoms. The quantitative estimate of drug-likeness (QED) is 0.168. The van der Waals surface area contributed by atoms with Crippen LogP contribution < -0.4 is 0 Å². The molecule has 228 valence electrons. The second-order valence-electron chi connectivity index (χ2n) is 13.9. The van der Waals surface area contributed by atoms with Crippen molar-refractivity contribution >= 4 is 59.0 Å². The molecule has 2 aromatic heterocycles. The predicted octanol–water partition coefficient (Wildman–Crippen LogP) is 11.6. The molecule has 0 amide bonds. The van der Waals surface area contributed by atoms with Gasteiger partial charge in [0, 0.05) is 49.7 Å². The molecule has 6 aromatic carbocycles. The Hall–Kier alpha value is -5.38. The summed E-state index contributed by atoms with van der Waals surface area (Å²) in [6, 6.07) is 45.8. The minimum Gasteiger partial charge on any atom is -0.309 e. The molecule has 1 aliphatic carbocycles. The van der Waals surface area contributed by atoms with Crippen LogP contribution in [0.1, 0.15) is 30.5 Å². The highest BCUT2D eigenvalue weighted by Crippen LogP contribution is 2.50. The zero-order chi connectivity index (χ0) is 31.7. The average Bonchev–Trinajstić information content (AvgIpc) is 3.83. The van der Waals surface area contributed by atoms with E-state index in [1.54, 1.807) is 0 Å². The molecule has 11 rings (SSSR count). The van der Waals surface area contributed by atoms with E-state index >= 15 is 0 Å². The summed E-state index contributed by atoms with van der Waals surface area (Å²) >= 11 is 0. The number of benzene rings is 6. The number of aromatic nitrogens is 2. The van der Waals surface area contributed by atoms with Crippen molar-refractivity contribution in [3.63, 3.8) is 0 Å². The Kier molecular flexibility index (Phi) is 5.20. The Bertz CT molecular complexity index is 2830. The first-order valence-corrected chi connectivity index (χ1v) is 18.1. The maximum Gasteiger partial charge on any atom is 0.0548 e. The summed E-state index contributed by atoms with van der Waals surface area (Å²) in [7, 11) is 0.0556. The molecule has 8 aromatic rings. The first-order valence-electron chi connectivity index (χ1n) is 16.9. The molecular formula is C45H32N2S. The maximum absolute atomic E-state index is 2.50. The van der Waals surface area contributed by atoms with Gasteiger partial charge in [-0.2, -0.15) is 0 Å². The molecule has 0 saturated carbocycles. The number of rotatable bonds is 2. The summed E-state index contributed by atoms with van der Waals surface area (Å²) in [6.45, 7) is 4.73. The fraction of sp³-hybridized carbons (Fsp3) is 0.0889. The van der Waals surface area contributed by atoms with Gasteiger partial charge in [-0.3, -0.25) is 0 Å². The van der Waals surface area contributed by atoms with Crippen molar-refractivity contribution in [1.82, 2.24) is 9.13 Å². The van der Waals surface area contributed by atoms with Crippen molar-refractivity contribution in [2.24, 2.45) is 0 Å². The van der Waals surface area contributed by atoms with Crippen molar-refractivity contribution in [1.29, 1.82) is 0 Å². The van der Waals surface area contributed by atoms with E-state index in [1.165, 1.54) is 92.6 Å². The van der Waals surface area contributed by atoms with E-state index in [1.807, 2.05) is 0 Å². The number of allylic oxidation sites excluding steroid dienone is 3. The van der Waals surface area contributed by atoms with Crippen LogP contribution in [0.5, 0.6) is 0 Å². The molecule has 2 nitrogen and oxygen atoms in total. The third-order valence-corrected chi connectivity index (χ3v) is 13.2. The van der Waals surface area contributed by atoms with Gasteiger partial charge in [0.1, 0.15) is 0 Å². The van der Waals surface area contributed by atoms with Gasteiger partial charge in [-0.05, 0) is 86.6 Å². The van der Waals surface area contributed by atoms with E-state index in [-0.39, 0.29) is 15.9 Å². The number of hydrogen-bond acceptors (Lipinski definition) is 0. The van der Waals surface area contributed by atoms with Crippen LogP contribution in [0.3, 0.4) is 0 Å². The van der Waals surface area contributed by atoms with Crippen LogP contribution in [-0.4, -0.2) is 14.0 Å². The lowest BCUT2D eigenvalue weighted by Crippen LogP contribution is -2.15. The van der Waals surface area contributed by atoms with Gasteiger partial charge in [0.05, 0.1) is 22.1 Å². The second kappa shape index (κ2) is 9.37. The maximum atomic E-state index is 2.50. The van der Waals surface area contributed by atoms with Crippen molar-refractivity contribution in [2.45, 2.75) is 30.6 Å². The lowest BCUT2D eigenvalue weighted by molar-refractivity contribution is 0.660. The van der Waals surface area contributed by atoms with Gasteiger partial charge in [0.15, 0.2) is 0 Å². The Morgan fingerprint density at radius 2 is 1.19 bits per heavy atom. The van der Waals surface area contributed by atoms with Gasteiger partial charge in [-0.15, -0.1) is 10.5 Å². The summed E-state index contributed by atoms with van der Waals surface area (Å²) in [5.74, 6) is 0. The van der Waals surface area contributed by atoms with Crippen LogP contribution in [0.25, 0.3) is 66.1 Å². The highest BCUT2D eigenvalue weighted by molar-refractivity contribution is 8.19. The van der Waals surface area contributed by atoms with Crippen molar-refractivity contribution in [3.8, 4) is 22.5 Å². The van der Waals surface area contributed by atoms with E-state index in [0.717, 1.165) is 6.42 Å². The Labute approximate surface area is 281 Å². The monoisotopic (exact) mass is 632 g/mol. The second-order valence-corrected chi connectivity index (χ2v) is 15.8. The molecule has 1 atom stereocenters. The van der Waals surface area contributed by atoms with Crippen LogP contribution in [0.15, 0.2) is 150 Å². The standard InChI is InChI=1S/C45H32N2S/c1-45(2)36-15-6-3-12-32(36)33-21-20-29(26-37(33)45)46-38-16-7-4-13-34(38)43-40(46)22-23-41-44(43)35-14-5-8-17-39(35)47(41)30-19-18-28-25-31-11-9-10-24-48(31)42(28)27-30/h3-24,26-27H,25H2,1-2H3. The smallest absolute Gasteiger partial charge is 0.0548 e. The number of nitrogens with zero attached hydrogens (tertiary/aromatic N) is 2. The molecule has 3 heteroatoms. The molecule has 0 saturated heterocycles. The summed E-state index contributed by atoms with van der Waals surface area (Å²) in [5.41, 5.74) is 14.4. The summed E-state index contributed by atoms with van der Waals surface area (Å²) < 4.78 is 4.99. The first-order chi connectivity index (χ1) is 23.6. The molecule has 4 heterocycles. The van der Waals surface area contributed by atoms with E-state index < -0.39 is 0 Å². The molecule has 0 radical (unpaired) electrons. The highest BCUT2D eigenvalue weighted by Gasteiger charge is 2.35. The normalized spacial score (nSPS) is 17.0. The third kappa shape index (κ3) is 3.37.